The smallest absolute Gasteiger partial charge is 0.399 e. The van der Waals surface area contributed by atoms with Crippen molar-refractivity contribution in [2.75, 3.05) is 0 Å². The average Bonchev–Trinajstić information content (AvgIpc) is 3.12. The summed E-state index contributed by atoms with van der Waals surface area (Å²) in [6, 6.07) is 14.4. The van der Waals surface area contributed by atoms with Gasteiger partial charge in [0.1, 0.15) is 0 Å². The van der Waals surface area contributed by atoms with Crippen LogP contribution in [0.25, 0.3) is 10.9 Å². The third-order valence-electron chi connectivity index (χ3n) is 6.35. The first kappa shape index (κ1) is 21.9. The van der Waals surface area contributed by atoms with Crippen molar-refractivity contribution in [1.29, 1.82) is 0 Å². The summed E-state index contributed by atoms with van der Waals surface area (Å²) >= 11 is 0. The van der Waals surface area contributed by atoms with Crippen LogP contribution in [0, 0.1) is 6.92 Å². The van der Waals surface area contributed by atoms with Crippen molar-refractivity contribution in [1.82, 2.24) is 3.97 Å². The van der Waals surface area contributed by atoms with Crippen LogP contribution in [0.4, 0.5) is 0 Å². The standard InChI is InChI=1S/C24H28BNO4S/c1-7-10-21-22(25-29-23(3,4)24(5,6)30-25)19-11-8-9-12-20(19)26(21)31(27,28)18-15-13-17(2)14-16-18/h7-9,11-16H,1,10H2,2-6H3. The topological polar surface area (TPSA) is 57.5 Å². The van der Waals surface area contributed by atoms with Gasteiger partial charge in [0, 0.05) is 23.0 Å². The molecule has 1 aliphatic rings. The van der Waals surface area contributed by atoms with Gasteiger partial charge in [-0.05, 0) is 52.8 Å². The highest BCUT2D eigenvalue weighted by atomic mass is 32.2. The molecule has 7 heteroatoms. The van der Waals surface area contributed by atoms with E-state index in [0.717, 1.165) is 16.4 Å². The zero-order valence-electron chi connectivity index (χ0n) is 18.7. The molecule has 0 atom stereocenters. The number of aryl methyl sites for hydroxylation is 1. The number of fused-ring (bicyclic) bond motifs is 1. The van der Waals surface area contributed by atoms with Crippen molar-refractivity contribution in [3.63, 3.8) is 0 Å². The highest BCUT2D eigenvalue weighted by Crippen LogP contribution is 2.38. The summed E-state index contributed by atoms with van der Waals surface area (Å²) in [5, 5.41) is 0.800. The Labute approximate surface area is 184 Å². The molecule has 2 aromatic carbocycles. The highest BCUT2D eigenvalue weighted by molar-refractivity contribution is 7.90. The number of allylic oxidation sites excluding steroid dienone is 1. The predicted octanol–water partition coefficient (Wildman–Crippen LogP) is 4.21. The molecule has 4 rings (SSSR count). The van der Waals surface area contributed by atoms with E-state index in [4.69, 9.17) is 9.31 Å². The van der Waals surface area contributed by atoms with E-state index in [1.54, 1.807) is 30.3 Å². The number of benzene rings is 2. The van der Waals surface area contributed by atoms with Gasteiger partial charge in [-0.3, -0.25) is 0 Å². The van der Waals surface area contributed by atoms with Gasteiger partial charge in [0.05, 0.1) is 21.6 Å². The number of rotatable bonds is 5. The van der Waals surface area contributed by atoms with E-state index in [1.165, 1.54) is 3.97 Å². The Bertz CT molecular complexity index is 1240. The molecule has 0 radical (unpaired) electrons. The maximum absolute atomic E-state index is 13.8. The summed E-state index contributed by atoms with van der Waals surface area (Å²) in [7, 11) is -4.52. The fourth-order valence-corrected chi connectivity index (χ4v) is 5.50. The van der Waals surface area contributed by atoms with Crippen LogP contribution in [0.2, 0.25) is 0 Å². The quantitative estimate of drug-likeness (QED) is 0.443. The second kappa shape index (κ2) is 7.36. The van der Waals surface area contributed by atoms with Gasteiger partial charge < -0.3 is 9.31 Å². The molecular weight excluding hydrogens is 409 g/mol. The molecule has 162 valence electrons. The molecule has 2 heterocycles. The minimum atomic E-state index is -3.84. The fourth-order valence-electron chi connectivity index (χ4n) is 3.93. The SMILES string of the molecule is C=CCc1c(B2OC(C)(C)C(C)(C)O2)c2ccccc2n1S(=O)(=O)c1ccc(C)cc1. The zero-order chi connectivity index (χ0) is 22.6. The lowest BCUT2D eigenvalue weighted by atomic mass is 9.76. The zero-order valence-corrected chi connectivity index (χ0v) is 19.5. The molecule has 5 nitrogen and oxygen atoms in total. The molecule has 31 heavy (non-hydrogen) atoms. The Hall–Kier alpha value is -2.35. The summed E-state index contributed by atoms with van der Waals surface area (Å²) in [6.45, 7) is 13.8. The molecule has 0 amide bonds. The van der Waals surface area contributed by atoms with Gasteiger partial charge in [-0.1, -0.05) is 42.0 Å². The van der Waals surface area contributed by atoms with Crippen LogP contribution < -0.4 is 5.46 Å². The van der Waals surface area contributed by atoms with E-state index in [-0.39, 0.29) is 4.90 Å². The predicted molar refractivity (Wildman–Crippen MR) is 125 cm³/mol. The van der Waals surface area contributed by atoms with Crippen molar-refractivity contribution in [2.45, 2.75) is 57.1 Å². The van der Waals surface area contributed by atoms with E-state index in [1.807, 2.05) is 58.9 Å². The lowest BCUT2D eigenvalue weighted by molar-refractivity contribution is 0.00578. The van der Waals surface area contributed by atoms with Gasteiger partial charge in [0.15, 0.2) is 0 Å². The summed E-state index contributed by atoms with van der Waals surface area (Å²) in [5.74, 6) is 0. The Kier molecular flexibility index (Phi) is 5.20. The molecule has 0 aliphatic carbocycles. The number of para-hydroxylation sites is 1. The van der Waals surface area contributed by atoms with E-state index >= 15 is 0 Å². The molecule has 0 unspecified atom stereocenters. The van der Waals surface area contributed by atoms with Gasteiger partial charge in [-0.25, -0.2) is 12.4 Å². The summed E-state index contributed by atoms with van der Waals surface area (Å²) in [6.07, 6.45) is 2.07. The number of hydrogen-bond acceptors (Lipinski definition) is 4. The fraction of sp³-hybridized carbons (Fsp3) is 0.333. The van der Waals surface area contributed by atoms with Gasteiger partial charge >= 0.3 is 7.12 Å². The lowest BCUT2D eigenvalue weighted by Crippen LogP contribution is -2.41. The molecular formula is C24H28BNO4S. The van der Waals surface area contributed by atoms with Crippen LogP contribution >= 0.6 is 0 Å². The normalized spacial score (nSPS) is 17.9. The minimum Gasteiger partial charge on any atom is -0.399 e. The molecule has 0 bridgehead atoms. The third kappa shape index (κ3) is 3.45. The van der Waals surface area contributed by atoms with Gasteiger partial charge in [0.25, 0.3) is 10.0 Å². The molecule has 1 aromatic heterocycles. The first-order valence-electron chi connectivity index (χ1n) is 10.4. The Morgan fingerprint density at radius 2 is 1.58 bits per heavy atom. The highest BCUT2D eigenvalue weighted by Gasteiger charge is 2.53. The van der Waals surface area contributed by atoms with E-state index < -0.39 is 28.3 Å². The van der Waals surface area contributed by atoms with Crippen LogP contribution in [0.5, 0.6) is 0 Å². The van der Waals surface area contributed by atoms with Crippen LogP contribution in [-0.4, -0.2) is 30.7 Å². The van der Waals surface area contributed by atoms with Crippen molar-refractivity contribution >= 4 is 33.5 Å². The Balaban J connectivity index is 2.01. The molecule has 0 N–H and O–H groups in total. The van der Waals surface area contributed by atoms with Crippen LogP contribution in [0.15, 0.2) is 66.1 Å². The van der Waals surface area contributed by atoms with Gasteiger partial charge in [0.2, 0.25) is 0 Å². The average molecular weight is 437 g/mol. The van der Waals surface area contributed by atoms with Gasteiger partial charge in [-0.15, -0.1) is 6.58 Å². The molecule has 1 saturated heterocycles. The molecule has 0 saturated carbocycles. The van der Waals surface area contributed by atoms with E-state index in [0.29, 0.717) is 17.6 Å². The Morgan fingerprint density at radius 3 is 2.16 bits per heavy atom. The van der Waals surface area contributed by atoms with Crippen LogP contribution in [0.3, 0.4) is 0 Å². The van der Waals surface area contributed by atoms with Crippen molar-refractivity contribution in [2.24, 2.45) is 0 Å². The van der Waals surface area contributed by atoms with Gasteiger partial charge in [-0.2, -0.15) is 0 Å². The second-order valence-corrected chi connectivity index (χ2v) is 10.8. The van der Waals surface area contributed by atoms with Crippen molar-refractivity contribution < 1.29 is 17.7 Å². The monoisotopic (exact) mass is 437 g/mol. The van der Waals surface area contributed by atoms with Crippen LogP contribution in [0.1, 0.15) is 39.0 Å². The Morgan fingerprint density at radius 1 is 1.00 bits per heavy atom. The van der Waals surface area contributed by atoms with E-state index in [2.05, 4.69) is 6.58 Å². The maximum Gasteiger partial charge on any atom is 0.497 e. The van der Waals surface area contributed by atoms with Crippen molar-refractivity contribution in [3.05, 3.63) is 72.4 Å². The summed E-state index contributed by atoms with van der Waals surface area (Å²) in [5.41, 5.74) is 1.87. The molecule has 1 fully saturated rings. The number of nitrogens with zero attached hydrogens (tertiary/aromatic N) is 1. The van der Waals surface area contributed by atoms with Crippen LogP contribution in [-0.2, 0) is 25.8 Å². The number of hydrogen-bond donors (Lipinski definition) is 0. The first-order chi connectivity index (χ1) is 14.5. The molecule has 1 aliphatic heterocycles. The molecule has 3 aromatic rings. The maximum atomic E-state index is 13.8. The minimum absolute atomic E-state index is 0.240. The molecule has 0 spiro atoms. The summed E-state index contributed by atoms with van der Waals surface area (Å²) in [4.78, 5) is 0.240. The lowest BCUT2D eigenvalue weighted by Gasteiger charge is -2.32. The van der Waals surface area contributed by atoms with E-state index in [9.17, 15) is 8.42 Å². The first-order valence-corrected chi connectivity index (χ1v) is 11.8. The largest absolute Gasteiger partial charge is 0.497 e. The third-order valence-corrected chi connectivity index (χ3v) is 8.12. The summed E-state index contributed by atoms with van der Waals surface area (Å²) < 4.78 is 41.7. The van der Waals surface area contributed by atoms with Crippen molar-refractivity contribution in [3.8, 4) is 0 Å². The second-order valence-electron chi connectivity index (χ2n) is 9.04. The number of aromatic nitrogens is 1.